The first-order chi connectivity index (χ1) is 16.5. The van der Waals surface area contributed by atoms with Gasteiger partial charge < -0.3 is 10.3 Å². The van der Waals surface area contributed by atoms with E-state index in [1.165, 1.54) is 0 Å². The molecule has 0 aliphatic carbocycles. The molecule has 0 amide bonds. The molecule has 0 bridgehead atoms. The van der Waals surface area contributed by atoms with E-state index >= 15 is 0 Å². The van der Waals surface area contributed by atoms with E-state index in [0.29, 0.717) is 12.1 Å². The molecule has 1 atom stereocenters. The number of oxime groups is 1. The lowest BCUT2D eigenvalue weighted by Gasteiger charge is -2.22. The van der Waals surface area contributed by atoms with Gasteiger partial charge in [-0.3, -0.25) is 4.98 Å². The van der Waals surface area contributed by atoms with E-state index in [4.69, 9.17) is 0 Å². The molecular formula is C29H26N2O3. The highest BCUT2D eigenvalue weighted by Crippen LogP contribution is 2.34. The second-order valence-electron chi connectivity index (χ2n) is 8.36. The first kappa shape index (κ1) is 22.9. The largest absolute Gasteiger partial charge is 0.478 e. The molecule has 5 nitrogen and oxygen atoms in total. The fourth-order valence-electron chi connectivity index (χ4n) is 4.29. The summed E-state index contributed by atoms with van der Waals surface area (Å²) in [5.74, 6) is -1.02. The molecule has 2 N–H and O–H groups in total. The van der Waals surface area contributed by atoms with E-state index in [9.17, 15) is 15.1 Å². The predicted octanol–water partition coefficient (Wildman–Crippen LogP) is 6.46. The van der Waals surface area contributed by atoms with Crippen molar-refractivity contribution in [2.75, 3.05) is 0 Å². The first-order valence-electron chi connectivity index (χ1n) is 11.1. The number of hydrogen-bond acceptors (Lipinski definition) is 4. The molecule has 0 saturated carbocycles. The van der Waals surface area contributed by atoms with Crippen molar-refractivity contribution in [3.8, 4) is 11.1 Å². The Hall–Kier alpha value is -4.25. The van der Waals surface area contributed by atoms with Gasteiger partial charge in [0.15, 0.2) is 0 Å². The number of carbonyl (C=O) groups is 1. The molecule has 0 fully saturated rings. The lowest BCUT2D eigenvalue weighted by atomic mass is 9.82. The topological polar surface area (TPSA) is 82.8 Å². The van der Waals surface area contributed by atoms with Gasteiger partial charge in [-0.2, -0.15) is 0 Å². The van der Waals surface area contributed by atoms with Crippen LogP contribution in [0.5, 0.6) is 0 Å². The maximum absolute atomic E-state index is 11.5. The first-order valence-corrected chi connectivity index (χ1v) is 11.1. The summed E-state index contributed by atoms with van der Waals surface area (Å²) in [6.45, 7) is 3.99. The van der Waals surface area contributed by atoms with Crippen molar-refractivity contribution in [2.24, 2.45) is 5.16 Å². The van der Waals surface area contributed by atoms with Crippen molar-refractivity contribution in [3.63, 3.8) is 0 Å². The maximum atomic E-state index is 11.5. The van der Waals surface area contributed by atoms with Gasteiger partial charge in [-0.1, -0.05) is 65.8 Å². The molecule has 0 spiro atoms. The number of hydrogen-bond donors (Lipinski definition) is 2. The van der Waals surface area contributed by atoms with E-state index in [-0.39, 0.29) is 11.5 Å². The van der Waals surface area contributed by atoms with Crippen LogP contribution in [0.15, 0.2) is 96.3 Å². The Kier molecular flexibility index (Phi) is 6.83. The lowest BCUT2D eigenvalue weighted by molar-refractivity contribution is 0.0697. The molecule has 4 rings (SSSR count). The van der Waals surface area contributed by atoms with E-state index in [1.54, 1.807) is 24.4 Å². The van der Waals surface area contributed by atoms with Crippen LogP contribution < -0.4 is 0 Å². The highest BCUT2D eigenvalue weighted by atomic mass is 16.4. The van der Waals surface area contributed by atoms with Crippen LogP contribution in [0.2, 0.25) is 0 Å². The van der Waals surface area contributed by atoms with Crippen molar-refractivity contribution >= 4 is 11.7 Å². The monoisotopic (exact) mass is 450 g/mol. The Balaban J connectivity index is 1.79. The van der Waals surface area contributed by atoms with E-state index in [2.05, 4.69) is 41.3 Å². The molecule has 0 saturated heterocycles. The average molecular weight is 451 g/mol. The number of carboxylic acids is 1. The fourth-order valence-corrected chi connectivity index (χ4v) is 4.29. The standard InChI is InChI=1S/C29H26N2O3/c1-19-7-3-4-12-26(19)27(18-28(31-34)24-13-14-30-20(2)15-24)23-10-5-8-21(16-23)22-9-6-11-25(17-22)29(32)33/h3-17,27,34H,18H2,1-2H3,(H,32,33)/b31-28+. The van der Waals surface area contributed by atoms with Crippen LogP contribution in [-0.4, -0.2) is 27.0 Å². The van der Waals surface area contributed by atoms with Crippen LogP contribution in [0.25, 0.3) is 11.1 Å². The number of aromatic carboxylic acids is 1. The van der Waals surface area contributed by atoms with Crippen LogP contribution in [0.4, 0.5) is 0 Å². The molecule has 3 aromatic carbocycles. The Morgan fingerprint density at radius 1 is 0.882 bits per heavy atom. The summed E-state index contributed by atoms with van der Waals surface area (Å²) >= 11 is 0. The Labute approximate surface area is 199 Å². The number of rotatable bonds is 7. The smallest absolute Gasteiger partial charge is 0.335 e. The third-order valence-electron chi connectivity index (χ3n) is 6.04. The number of carboxylic acid groups (broad SMARTS) is 1. The zero-order valence-electron chi connectivity index (χ0n) is 19.1. The average Bonchev–Trinajstić information content (AvgIpc) is 2.85. The second-order valence-corrected chi connectivity index (χ2v) is 8.36. The van der Waals surface area contributed by atoms with E-state index in [0.717, 1.165) is 39.1 Å². The van der Waals surface area contributed by atoms with E-state index in [1.807, 2.05) is 49.4 Å². The number of aromatic nitrogens is 1. The highest BCUT2D eigenvalue weighted by Gasteiger charge is 2.21. The quantitative estimate of drug-likeness (QED) is 0.192. The molecule has 4 aromatic rings. The van der Waals surface area contributed by atoms with Gasteiger partial charge in [-0.25, -0.2) is 4.79 Å². The van der Waals surface area contributed by atoms with Gasteiger partial charge in [0.25, 0.3) is 0 Å². The van der Waals surface area contributed by atoms with E-state index < -0.39 is 5.97 Å². The van der Waals surface area contributed by atoms with Gasteiger partial charge in [-0.05, 0) is 65.9 Å². The summed E-state index contributed by atoms with van der Waals surface area (Å²) in [6.07, 6.45) is 2.21. The molecule has 0 aliphatic rings. The minimum Gasteiger partial charge on any atom is -0.478 e. The van der Waals surface area contributed by atoms with Crippen LogP contribution in [0.1, 0.15) is 50.6 Å². The molecule has 1 heterocycles. The van der Waals surface area contributed by atoms with Crippen LogP contribution in [-0.2, 0) is 0 Å². The second kappa shape index (κ2) is 10.1. The summed E-state index contributed by atoms with van der Waals surface area (Å²) in [4.78, 5) is 15.7. The maximum Gasteiger partial charge on any atom is 0.335 e. The van der Waals surface area contributed by atoms with Gasteiger partial charge in [0.05, 0.1) is 11.3 Å². The number of benzene rings is 3. The summed E-state index contributed by atoms with van der Waals surface area (Å²) in [6, 6.07) is 27.0. The third-order valence-corrected chi connectivity index (χ3v) is 6.04. The lowest BCUT2D eigenvalue weighted by Crippen LogP contribution is -2.12. The van der Waals surface area contributed by atoms with Crippen molar-refractivity contribution < 1.29 is 15.1 Å². The third kappa shape index (κ3) is 5.04. The zero-order valence-corrected chi connectivity index (χ0v) is 19.1. The van der Waals surface area contributed by atoms with Gasteiger partial charge in [0.1, 0.15) is 0 Å². The van der Waals surface area contributed by atoms with Gasteiger partial charge >= 0.3 is 5.97 Å². The molecule has 34 heavy (non-hydrogen) atoms. The molecular weight excluding hydrogens is 424 g/mol. The summed E-state index contributed by atoms with van der Waals surface area (Å²) in [5, 5.41) is 23.0. The molecule has 0 radical (unpaired) electrons. The number of pyridine rings is 1. The van der Waals surface area contributed by atoms with Crippen molar-refractivity contribution in [3.05, 3.63) is 125 Å². The van der Waals surface area contributed by atoms with Crippen LogP contribution >= 0.6 is 0 Å². The summed E-state index contributed by atoms with van der Waals surface area (Å²) in [7, 11) is 0. The minimum atomic E-state index is -0.952. The molecule has 0 aliphatic heterocycles. The highest BCUT2D eigenvalue weighted by molar-refractivity contribution is 6.01. The molecule has 170 valence electrons. The SMILES string of the molecule is Cc1cc(/C(CC(c2cccc(-c3cccc(C(=O)O)c3)c2)c2ccccc2C)=N/O)ccn1. The van der Waals surface area contributed by atoms with Crippen LogP contribution in [0, 0.1) is 13.8 Å². The van der Waals surface area contributed by atoms with Gasteiger partial charge in [0.2, 0.25) is 0 Å². The normalized spacial score (nSPS) is 12.4. The fraction of sp³-hybridized carbons (Fsp3) is 0.138. The van der Waals surface area contributed by atoms with Crippen LogP contribution in [0.3, 0.4) is 0 Å². The van der Waals surface area contributed by atoms with Crippen molar-refractivity contribution in [2.45, 2.75) is 26.2 Å². The molecule has 1 aromatic heterocycles. The van der Waals surface area contributed by atoms with Gasteiger partial charge in [0, 0.05) is 29.8 Å². The summed E-state index contributed by atoms with van der Waals surface area (Å²) in [5.41, 5.74) is 7.63. The Morgan fingerprint density at radius 2 is 1.62 bits per heavy atom. The number of nitrogens with zero attached hydrogens (tertiary/aromatic N) is 2. The molecule has 5 heteroatoms. The number of aryl methyl sites for hydroxylation is 2. The Morgan fingerprint density at radius 3 is 2.32 bits per heavy atom. The van der Waals surface area contributed by atoms with Crippen molar-refractivity contribution in [1.82, 2.24) is 4.98 Å². The minimum absolute atomic E-state index is 0.0665. The van der Waals surface area contributed by atoms with Gasteiger partial charge in [-0.15, -0.1) is 0 Å². The molecule has 1 unspecified atom stereocenters. The Bertz CT molecular complexity index is 1360. The zero-order chi connectivity index (χ0) is 24.1. The summed E-state index contributed by atoms with van der Waals surface area (Å²) < 4.78 is 0. The van der Waals surface area contributed by atoms with Crippen molar-refractivity contribution in [1.29, 1.82) is 0 Å². The predicted molar refractivity (Wildman–Crippen MR) is 134 cm³/mol.